The molecule has 0 fully saturated rings. The van der Waals surface area contributed by atoms with Crippen LogP contribution in [0.15, 0.2) is 12.2 Å². The van der Waals surface area contributed by atoms with Gasteiger partial charge in [-0.3, -0.25) is 4.79 Å². The molecule has 0 bridgehead atoms. The highest BCUT2D eigenvalue weighted by molar-refractivity contribution is 5.64. The molecule has 0 amide bonds. The topological polar surface area (TPSA) is 35.5 Å². The molecule has 52 valence electrons. The third-order valence-electron chi connectivity index (χ3n) is 0.811. The van der Waals surface area contributed by atoms with Gasteiger partial charge in [0.25, 0.3) is 0 Å². The molecule has 0 spiro atoms. The fraction of sp³-hybridized carbons (Fsp3) is 0.500. The van der Waals surface area contributed by atoms with Crippen molar-refractivity contribution in [2.75, 3.05) is 14.2 Å². The average molecular weight is 130 g/mol. The van der Waals surface area contributed by atoms with Crippen molar-refractivity contribution < 1.29 is 14.3 Å². The quantitative estimate of drug-likeness (QED) is 0.313. The molecule has 0 aliphatic rings. The Hall–Kier alpha value is -0.670. The Balaban J connectivity index is 3.53. The van der Waals surface area contributed by atoms with E-state index in [4.69, 9.17) is 9.47 Å². The highest BCUT2D eigenvalue weighted by atomic mass is 16.7. The van der Waals surface area contributed by atoms with Crippen LogP contribution in [0.4, 0.5) is 0 Å². The predicted molar refractivity (Wildman–Crippen MR) is 33.0 cm³/mol. The summed E-state index contributed by atoms with van der Waals surface area (Å²) < 4.78 is 9.47. The van der Waals surface area contributed by atoms with Gasteiger partial charge in [0.15, 0.2) is 6.29 Å². The molecule has 0 atom stereocenters. The van der Waals surface area contributed by atoms with Crippen LogP contribution < -0.4 is 0 Å². The van der Waals surface area contributed by atoms with E-state index >= 15 is 0 Å². The van der Waals surface area contributed by atoms with Gasteiger partial charge in [0.1, 0.15) is 6.29 Å². The number of carbonyl (C=O) groups is 1. The molecule has 0 saturated heterocycles. The lowest BCUT2D eigenvalue weighted by molar-refractivity contribution is -0.104. The number of hydrogen-bond acceptors (Lipinski definition) is 3. The molecule has 0 saturated carbocycles. The van der Waals surface area contributed by atoms with Crippen molar-refractivity contribution in [1.29, 1.82) is 0 Å². The maximum absolute atomic E-state index is 9.74. The predicted octanol–water partition coefficient (Wildman–Crippen LogP) is 0.360. The zero-order valence-electron chi connectivity index (χ0n) is 5.53. The molecule has 0 radical (unpaired) electrons. The van der Waals surface area contributed by atoms with E-state index in [1.165, 1.54) is 26.4 Å². The van der Waals surface area contributed by atoms with Crippen LogP contribution in [0.5, 0.6) is 0 Å². The largest absolute Gasteiger partial charge is 0.352 e. The van der Waals surface area contributed by atoms with Crippen LogP contribution in [0.25, 0.3) is 0 Å². The highest BCUT2D eigenvalue weighted by Gasteiger charge is 1.94. The molecule has 0 aliphatic carbocycles. The summed E-state index contributed by atoms with van der Waals surface area (Å²) in [6, 6.07) is 0. The van der Waals surface area contributed by atoms with Gasteiger partial charge in [0.2, 0.25) is 0 Å². The number of rotatable bonds is 4. The summed E-state index contributed by atoms with van der Waals surface area (Å²) in [5, 5.41) is 0. The Morgan fingerprint density at radius 3 is 2.22 bits per heavy atom. The fourth-order valence-electron chi connectivity index (χ4n) is 0.389. The molecule has 0 aromatic heterocycles. The second-order valence-corrected chi connectivity index (χ2v) is 1.36. The normalized spacial score (nSPS) is 11.0. The third kappa shape index (κ3) is 3.88. The minimum atomic E-state index is -0.407. The van der Waals surface area contributed by atoms with Crippen LogP contribution in [0, 0.1) is 0 Å². The maximum Gasteiger partial charge on any atom is 0.176 e. The van der Waals surface area contributed by atoms with Gasteiger partial charge >= 0.3 is 0 Å². The molecule has 3 nitrogen and oxygen atoms in total. The van der Waals surface area contributed by atoms with Gasteiger partial charge in [-0.15, -0.1) is 0 Å². The van der Waals surface area contributed by atoms with Gasteiger partial charge in [-0.05, 0) is 12.2 Å². The van der Waals surface area contributed by atoms with E-state index in [1.807, 2.05) is 0 Å². The summed E-state index contributed by atoms with van der Waals surface area (Å²) in [7, 11) is 3.01. The Morgan fingerprint density at radius 1 is 1.33 bits per heavy atom. The van der Waals surface area contributed by atoms with Crippen LogP contribution in [0.3, 0.4) is 0 Å². The molecular formula is C6H10O3. The van der Waals surface area contributed by atoms with Crippen molar-refractivity contribution in [3.05, 3.63) is 12.2 Å². The standard InChI is InChI=1S/C6H10O3/c1-8-6(9-2)4-3-5-7/h3-6H,1-2H3/b4-3-. The first kappa shape index (κ1) is 8.33. The van der Waals surface area contributed by atoms with E-state index in [0.29, 0.717) is 6.29 Å². The van der Waals surface area contributed by atoms with Crippen LogP contribution in [0.1, 0.15) is 0 Å². The van der Waals surface area contributed by atoms with Gasteiger partial charge in [-0.25, -0.2) is 0 Å². The summed E-state index contributed by atoms with van der Waals surface area (Å²) in [4.78, 5) is 9.74. The monoisotopic (exact) mass is 130 g/mol. The van der Waals surface area contributed by atoms with Crippen molar-refractivity contribution in [2.45, 2.75) is 6.29 Å². The molecule has 0 rings (SSSR count). The summed E-state index contributed by atoms with van der Waals surface area (Å²) >= 11 is 0. The Morgan fingerprint density at radius 2 is 1.89 bits per heavy atom. The number of methoxy groups -OCH3 is 2. The number of ether oxygens (including phenoxy) is 2. The number of allylic oxidation sites excluding steroid dienone is 1. The number of hydrogen-bond donors (Lipinski definition) is 0. The molecule has 3 heteroatoms. The first-order valence-electron chi connectivity index (χ1n) is 2.52. The van der Waals surface area contributed by atoms with Crippen LogP contribution in [-0.2, 0) is 14.3 Å². The van der Waals surface area contributed by atoms with Gasteiger partial charge in [-0.2, -0.15) is 0 Å². The summed E-state index contributed by atoms with van der Waals surface area (Å²) in [5.74, 6) is 0. The van der Waals surface area contributed by atoms with Crippen molar-refractivity contribution in [3.8, 4) is 0 Å². The average Bonchev–Trinajstić information content (AvgIpc) is 1.91. The number of aldehydes is 1. The molecule has 9 heavy (non-hydrogen) atoms. The SMILES string of the molecule is COC(/C=C\C=O)OC. The summed E-state index contributed by atoms with van der Waals surface area (Å²) in [6.45, 7) is 0. The Bertz CT molecular complexity index is 94.5. The van der Waals surface area contributed by atoms with E-state index in [2.05, 4.69) is 0 Å². The van der Waals surface area contributed by atoms with Gasteiger partial charge in [-0.1, -0.05) is 0 Å². The smallest absolute Gasteiger partial charge is 0.176 e. The van der Waals surface area contributed by atoms with Gasteiger partial charge in [0.05, 0.1) is 0 Å². The molecule has 0 aromatic carbocycles. The van der Waals surface area contributed by atoms with E-state index < -0.39 is 6.29 Å². The maximum atomic E-state index is 9.74. The molecular weight excluding hydrogens is 120 g/mol. The highest BCUT2D eigenvalue weighted by Crippen LogP contribution is 1.90. The third-order valence-corrected chi connectivity index (χ3v) is 0.811. The number of carbonyl (C=O) groups excluding carboxylic acids is 1. The van der Waals surface area contributed by atoms with E-state index in [0.717, 1.165) is 0 Å². The van der Waals surface area contributed by atoms with Crippen molar-refractivity contribution in [1.82, 2.24) is 0 Å². The minimum Gasteiger partial charge on any atom is -0.352 e. The van der Waals surface area contributed by atoms with Crippen molar-refractivity contribution in [3.63, 3.8) is 0 Å². The lowest BCUT2D eigenvalue weighted by Gasteiger charge is -2.05. The summed E-state index contributed by atoms with van der Waals surface area (Å²) in [5.41, 5.74) is 0. The molecule has 0 N–H and O–H groups in total. The van der Waals surface area contributed by atoms with Crippen LogP contribution in [0.2, 0.25) is 0 Å². The first-order chi connectivity index (χ1) is 4.35. The van der Waals surface area contributed by atoms with Crippen LogP contribution in [-0.4, -0.2) is 26.8 Å². The molecule has 0 aromatic rings. The Kier molecular flexibility index (Phi) is 5.06. The lowest BCUT2D eigenvalue weighted by Crippen LogP contribution is -2.08. The van der Waals surface area contributed by atoms with E-state index in [-0.39, 0.29) is 0 Å². The zero-order chi connectivity index (χ0) is 7.11. The zero-order valence-corrected chi connectivity index (χ0v) is 5.53. The van der Waals surface area contributed by atoms with Crippen molar-refractivity contribution >= 4 is 6.29 Å². The first-order valence-corrected chi connectivity index (χ1v) is 2.52. The minimum absolute atomic E-state index is 0.407. The Labute approximate surface area is 54.3 Å². The lowest BCUT2D eigenvalue weighted by atomic mass is 10.5. The van der Waals surface area contributed by atoms with Gasteiger partial charge < -0.3 is 9.47 Å². The fourth-order valence-corrected chi connectivity index (χ4v) is 0.389. The summed E-state index contributed by atoms with van der Waals surface area (Å²) in [6.07, 6.45) is 3.12. The van der Waals surface area contributed by atoms with Crippen LogP contribution >= 0.6 is 0 Å². The van der Waals surface area contributed by atoms with E-state index in [9.17, 15) is 4.79 Å². The second-order valence-electron chi connectivity index (χ2n) is 1.36. The van der Waals surface area contributed by atoms with Gasteiger partial charge in [0, 0.05) is 14.2 Å². The molecule has 0 heterocycles. The van der Waals surface area contributed by atoms with E-state index in [1.54, 1.807) is 0 Å². The molecule has 0 unspecified atom stereocenters. The van der Waals surface area contributed by atoms with Crippen molar-refractivity contribution in [2.24, 2.45) is 0 Å². The molecule has 0 aliphatic heterocycles. The second kappa shape index (κ2) is 5.47.